The molecule has 0 aliphatic rings. The van der Waals surface area contributed by atoms with Crippen molar-refractivity contribution in [1.29, 1.82) is 0 Å². The average molecular weight is 351 g/mol. The van der Waals surface area contributed by atoms with E-state index in [2.05, 4.69) is 29.4 Å². The Morgan fingerprint density at radius 2 is 1.92 bits per heavy atom. The van der Waals surface area contributed by atoms with Gasteiger partial charge in [-0.2, -0.15) is 0 Å². The zero-order valence-electron chi connectivity index (χ0n) is 15.0. The highest BCUT2D eigenvalue weighted by Crippen LogP contribution is 2.24. The van der Waals surface area contributed by atoms with Crippen molar-refractivity contribution in [2.75, 3.05) is 12.4 Å². The number of nitrogens with one attached hydrogen (secondary N) is 1. The van der Waals surface area contributed by atoms with Gasteiger partial charge in [-0.25, -0.2) is 0 Å². The maximum absolute atomic E-state index is 12.2. The number of carbonyl (C=O) groups excluding carboxylic acids is 1. The molecular formula is C20H21N3O3. The molecule has 1 amide bonds. The molecule has 3 rings (SSSR count). The standard InChI is InChI=1S/C20H21N3O3/c1-13(2)15-9-7-14(8-10-15)11-18(24)21-20-23-22-19(26-20)16-5-4-6-17(12-16)25-3/h4-10,12-13H,11H2,1-3H3,(H,21,23,24). The first-order valence-electron chi connectivity index (χ1n) is 8.42. The Hall–Kier alpha value is -3.15. The zero-order valence-corrected chi connectivity index (χ0v) is 15.0. The number of rotatable bonds is 6. The SMILES string of the molecule is COc1cccc(-c2nnc(NC(=O)Cc3ccc(C(C)C)cc3)o2)c1. The molecule has 0 aliphatic heterocycles. The highest BCUT2D eigenvalue weighted by molar-refractivity contribution is 5.90. The molecule has 1 heterocycles. The first-order valence-corrected chi connectivity index (χ1v) is 8.42. The van der Waals surface area contributed by atoms with Gasteiger partial charge in [-0.1, -0.05) is 49.3 Å². The van der Waals surface area contributed by atoms with E-state index in [1.54, 1.807) is 13.2 Å². The molecule has 0 radical (unpaired) electrons. The summed E-state index contributed by atoms with van der Waals surface area (Å²) in [6.07, 6.45) is 0.245. The van der Waals surface area contributed by atoms with Gasteiger partial charge in [0.1, 0.15) is 5.75 Å². The third-order valence-electron chi connectivity index (χ3n) is 4.00. The summed E-state index contributed by atoms with van der Waals surface area (Å²) >= 11 is 0. The van der Waals surface area contributed by atoms with E-state index in [1.807, 2.05) is 42.5 Å². The number of methoxy groups -OCH3 is 1. The van der Waals surface area contributed by atoms with Gasteiger partial charge in [-0.15, -0.1) is 5.10 Å². The molecule has 6 nitrogen and oxygen atoms in total. The van der Waals surface area contributed by atoms with Crippen LogP contribution in [0.4, 0.5) is 6.01 Å². The van der Waals surface area contributed by atoms with E-state index in [-0.39, 0.29) is 18.3 Å². The van der Waals surface area contributed by atoms with Gasteiger partial charge in [0.05, 0.1) is 13.5 Å². The third kappa shape index (κ3) is 4.27. The van der Waals surface area contributed by atoms with Crippen LogP contribution in [0, 0.1) is 0 Å². The maximum atomic E-state index is 12.2. The molecule has 2 aromatic carbocycles. The van der Waals surface area contributed by atoms with E-state index < -0.39 is 0 Å². The van der Waals surface area contributed by atoms with E-state index in [9.17, 15) is 4.79 Å². The van der Waals surface area contributed by atoms with Crippen molar-refractivity contribution >= 4 is 11.9 Å². The van der Waals surface area contributed by atoms with E-state index in [4.69, 9.17) is 9.15 Å². The second kappa shape index (κ2) is 7.82. The number of carbonyl (C=O) groups is 1. The molecule has 3 aromatic rings. The lowest BCUT2D eigenvalue weighted by atomic mass is 10.0. The van der Waals surface area contributed by atoms with E-state index >= 15 is 0 Å². The molecule has 0 spiro atoms. The highest BCUT2D eigenvalue weighted by Gasteiger charge is 2.12. The Kier molecular flexibility index (Phi) is 5.31. The van der Waals surface area contributed by atoms with Crippen LogP contribution in [-0.4, -0.2) is 23.2 Å². The smallest absolute Gasteiger partial charge is 0.322 e. The molecule has 0 fully saturated rings. The van der Waals surface area contributed by atoms with Crippen LogP contribution in [0.3, 0.4) is 0 Å². The molecule has 0 bridgehead atoms. The van der Waals surface area contributed by atoms with Crippen molar-refractivity contribution in [1.82, 2.24) is 10.2 Å². The molecule has 26 heavy (non-hydrogen) atoms. The lowest BCUT2D eigenvalue weighted by Crippen LogP contribution is -2.14. The van der Waals surface area contributed by atoms with Gasteiger partial charge < -0.3 is 9.15 Å². The van der Waals surface area contributed by atoms with Crippen molar-refractivity contribution in [3.8, 4) is 17.2 Å². The summed E-state index contributed by atoms with van der Waals surface area (Å²) in [4.78, 5) is 12.2. The lowest BCUT2D eigenvalue weighted by Gasteiger charge is -2.06. The van der Waals surface area contributed by atoms with Crippen LogP contribution in [0.5, 0.6) is 5.75 Å². The second-order valence-electron chi connectivity index (χ2n) is 6.27. The number of ether oxygens (including phenoxy) is 1. The normalized spacial score (nSPS) is 10.8. The summed E-state index contributed by atoms with van der Waals surface area (Å²) in [5, 5.41) is 10.5. The predicted molar refractivity (Wildman–Crippen MR) is 99.2 cm³/mol. The molecule has 6 heteroatoms. The topological polar surface area (TPSA) is 77.3 Å². The molecule has 0 unspecified atom stereocenters. The zero-order chi connectivity index (χ0) is 18.5. The Bertz CT molecular complexity index is 885. The number of hydrogen-bond donors (Lipinski definition) is 1. The molecular weight excluding hydrogens is 330 g/mol. The minimum atomic E-state index is -0.205. The fourth-order valence-corrected chi connectivity index (χ4v) is 2.52. The predicted octanol–water partition coefficient (Wildman–Crippen LogP) is 4.05. The summed E-state index contributed by atoms with van der Waals surface area (Å²) in [5.41, 5.74) is 2.90. The summed E-state index contributed by atoms with van der Waals surface area (Å²) < 4.78 is 10.7. The van der Waals surface area contributed by atoms with Gasteiger partial charge in [-0.05, 0) is 35.2 Å². The fraction of sp³-hybridized carbons (Fsp3) is 0.250. The first-order chi connectivity index (χ1) is 12.5. The summed E-state index contributed by atoms with van der Waals surface area (Å²) in [6, 6.07) is 15.4. The van der Waals surface area contributed by atoms with Crippen molar-refractivity contribution in [3.05, 3.63) is 59.7 Å². The van der Waals surface area contributed by atoms with Crippen molar-refractivity contribution in [2.24, 2.45) is 0 Å². The van der Waals surface area contributed by atoms with Gasteiger partial charge in [-0.3, -0.25) is 10.1 Å². The molecule has 0 saturated carbocycles. The number of benzene rings is 2. The monoisotopic (exact) mass is 351 g/mol. The maximum Gasteiger partial charge on any atom is 0.322 e. The van der Waals surface area contributed by atoms with E-state index in [1.165, 1.54) is 5.56 Å². The van der Waals surface area contributed by atoms with Gasteiger partial charge in [0.2, 0.25) is 11.8 Å². The third-order valence-corrected chi connectivity index (χ3v) is 4.00. The molecule has 1 N–H and O–H groups in total. The molecule has 0 saturated heterocycles. The van der Waals surface area contributed by atoms with Crippen LogP contribution >= 0.6 is 0 Å². The molecule has 0 atom stereocenters. The van der Waals surface area contributed by atoms with Gasteiger partial charge >= 0.3 is 6.01 Å². The minimum Gasteiger partial charge on any atom is -0.497 e. The lowest BCUT2D eigenvalue weighted by molar-refractivity contribution is -0.115. The molecule has 1 aromatic heterocycles. The number of amides is 1. The van der Waals surface area contributed by atoms with Crippen LogP contribution in [0.25, 0.3) is 11.5 Å². The first kappa shape index (κ1) is 17.7. The summed E-state index contributed by atoms with van der Waals surface area (Å²) in [6.45, 7) is 4.27. The van der Waals surface area contributed by atoms with Gasteiger partial charge in [0.15, 0.2) is 0 Å². The van der Waals surface area contributed by atoms with Crippen LogP contribution in [0.15, 0.2) is 52.9 Å². The second-order valence-corrected chi connectivity index (χ2v) is 6.27. The largest absolute Gasteiger partial charge is 0.497 e. The Balaban J connectivity index is 1.64. The van der Waals surface area contributed by atoms with Crippen LogP contribution < -0.4 is 10.1 Å². The Morgan fingerprint density at radius 1 is 1.15 bits per heavy atom. The highest BCUT2D eigenvalue weighted by atomic mass is 16.5. The fourth-order valence-electron chi connectivity index (χ4n) is 2.52. The Labute approximate surface area is 152 Å². The van der Waals surface area contributed by atoms with Crippen molar-refractivity contribution < 1.29 is 13.9 Å². The number of aromatic nitrogens is 2. The molecule has 0 aliphatic carbocycles. The van der Waals surface area contributed by atoms with Crippen LogP contribution in [-0.2, 0) is 11.2 Å². The Morgan fingerprint density at radius 3 is 2.62 bits per heavy atom. The number of anilines is 1. The quantitative estimate of drug-likeness (QED) is 0.725. The van der Waals surface area contributed by atoms with E-state index in [0.717, 1.165) is 11.1 Å². The van der Waals surface area contributed by atoms with Crippen LogP contribution in [0.1, 0.15) is 30.9 Å². The van der Waals surface area contributed by atoms with Crippen LogP contribution in [0.2, 0.25) is 0 Å². The minimum absolute atomic E-state index is 0.0756. The summed E-state index contributed by atoms with van der Waals surface area (Å²) in [5.74, 6) is 1.27. The van der Waals surface area contributed by atoms with Gasteiger partial charge in [0, 0.05) is 5.56 Å². The van der Waals surface area contributed by atoms with Crippen molar-refractivity contribution in [2.45, 2.75) is 26.2 Å². The molecule has 134 valence electrons. The van der Waals surface area contributed by atoms with E-state index in [0.29, 0.717) is 17.6 Å². The van der Waals surface area contributed by atoms with Crippen molar-refractivity contribution in [3.63, 3.8) is 0 Å². The summed E-state index contributed by atoms with van der Waals surface area (Å²) in [7, 11) is 1.59. The van der Waals surface area contributed by atoms with Gasteiger partial charge in [0.25, 0.3) is 0 Å². The average Bonchev–Trinajstić information content (AvgIpc) is 3.10. The number of hydrogen-bond acceptors (Lipinski definition) is 5. The number of nitrogens with zero attached hydrogens (tertiary/aromatic N) is 2.